The largest absolute Gasteiger partial charge is 0.489 e. The second-order valence-electron chi connectivity index (χ2n) is 17.1. The maximum Gasteiger partial charge on any atom is 0.313 e. The summed E-state index contributed by atoms with van der Waals surface area (Å²) in [5.74, 6) is -2.01. The molecule has 0 aliphatic heterocycles. The minimum absolute atomic E-state index is 0.319. The molecule has 6 aromatic rings. The first-order valence-corrected chi connectivity index (χ1v) is 21.1. The van der Waals surface area contributed by atoms with Crippen LogP contribution in [0.25, 0.3) is 21.8 Å². The second-order valence-corrected chi connectivity index (χ2v) is 17.1. The summed E-state index contributed by atoms with van der Waals surface area (Å²) in [4.78, 5) is 57.8. The standard InChI is InChI=1S/C26H28N2O5.C24H25N3O4/c1-16-13-18(20-7-5-6-8-21(20)27-16)15-33-19-11-9-17(10-12-19)14-26(24(30)32-4)22(23(29)28-31)25(26,2)3;1-2-17-11-16(19-5-3-4-6-21(19)26-17)14-31-18-9-7-15(8-10-18)12-24(23(25)29)13-20(24)22(28)27-30/h5-13,22,31H,14-15H2,1-4H3,(H,28,29);3-11,20,30H,2,12-14H2,1H3,(H2,25,29)(H,27,28)/t22-,26-;20-,24+/m01/s1. The van der Waals surface area contributed by atoms with Gasteiger partial charge in [-0.3, -0.25) is 39.6 Å². The molecular weight excluding hydrogens is 815 g/mol. The summed E-state index contributed by atoms with van der Waals surface area (Å²) in [5, 5.41) is 20.1. The van der Waals surface area contributed by atoms with E-state index in [2.05, 4.69) is 23.0 Å². The highest BCUT2D eigenvalue weighted by Gasteiger charge is 2.78. The first kappa shape index (κ1) is 45.1. The number of nitrogens with two attached hydrogens (primary N) is 1. The molecule has 0 bridgehead atoms. The lowest BCUT2D eigenvalue weighted by molar-refractivity contribution is -0.150. The molecule has 2 aromatic heterocycles. The summed E-state index contributed by atoms with van der Waals surface area (Å²) in [6.45, 7) is 8.53. The monoisotopic (exact) mass is 867 g/mol. The number of ether oxygens (including phenoxy) is 3. The topological polar surface area (TPSA) is 212 Å². The summed E-state index contributed by atoms with van der Waals surface area (Å²) >= 11 is 0. The van der Waals surface area contributed by atoms with E-state index in [1.807, 2.05) is 124 Å². The molecule has 8 rings (SSSR count). The molecule has 0 unspecified atom stereocenters. The number of carbonyl (C=O) groups excluding carboxylic acids is 4. The van der Waals surface area contributed by atoms with E-state index in [1.54, 1.807) is 11.0 Å². The van der Waals surface area contributed by atoms with Crippen molar-refractivity contribution in [3.8, 4) is 11.5 Å². The van der Waals surface area contributed by atoms with Gasteiger partial charge in [0.05, 0.1) is 40.8 Å². The van der Waals surface area contributed by atoms with E-state index in [0.717, 1.165) is 61.9 Å². The number of methoxy groups -OCH3 is 1. The van der Waals surface area contributed by atoms with Crippen LogP contribution in [-0.4, -0.2) is 51.2 Å². The van der Waals surface area contributed by atoms with Crippen LogP contribution in [0.4, 0.5) is 0 Å². The number of hydroxylamine groups is 2. The quantitative estimate of drug-likeness (QED) is 0.0407. The number of carbonyl (C=O) groups is 4. The lowest BCUT2D eigenvalue weighted by atomic mass is 9.88. The molecule has 0 saturated heterocycles. The van der Waals surface area contributed by atoms with Crippen LogP contribution in [0, 0.1) is 35.0 Å². The Balaban J connectivity index is 0.000000192. The van der Waals surface area contributed by atoms with Crippen LogP contribution in [-0.2, 0) is 56.4 Å². The number of hydrogen-bond acceptors (Lipinski definition) is 11. The average molecular weight is 868 g/mol. The van der Waals surface area contributed by atoms with Crippen LogP contribution in [0.5, 0.6) is 11.5 Å². The second kappa shape index (κ2) is 18.4. The third kappa shape index (κ3) is 8.84. The zero-order valence-electron chi connectivity index (χ0n) is 36.5. The maximum atomic E-state index is 12.7. The number of primary amides is 1. The van der Waals surface area contributed by atoms with Gasteiger partial charge in [0.1, 0.15) is 24.7 Å². The Morgan fingerprint density at radius 2 is 1.25 bits per heavy atom. The van der Waals surface area contributed by atoms with Gasteiger partial charge in [-0.2, -0.15) is 0 Å². The number of rotatable bonds is 15. The third-order valence-electron chi connectivity index (χ3n) is 13.0. The number of esters is 1. The normalized spacial score (nSPS) is 20.3. The Morgan fingerprint density at radius 3 is 1.77 bits per heavy atom. The summed E-state index contributed by atoms with van der Waals surface area (Å²) < 4.78 is 17.1. The van der Waals surface area contributed by atoms with Crippen LogP contribution in [0.1, 0.15) is 60.8 Å². The zero-order valence-corrected chi connectivity index (χ0v) is 36.5. The molecule has 14 nitrogen and oxygen atoms in total. The molecule has 2 aliphatic carbocycles. The average Bonchev–Trinajstić information content (AvgIpc) is 4.17. The fourth-order valence-electron chi connectivity index (χ4n) is 9.25. The van der Waals surface area contributed by atoms with Gasteiger partial charge in [0, 0.05) is 33.3 Å². The number of aryl methyl sites for hydroxylation is 2. The highest BCUT2D eigenvalue weighted by Crippen LogP contribution is 2.70. The van der Waals surface area contributed by atoms with Crippen molar-refractivity contribution in [3.63, 3.8) is 0 Å². The molecule has 0 spiro atoms. The number of para-hydroxylation sites is 2. The predicted octanol–water partition coefficient (Wildman–Crippen LogP) is 6.90. The van der Waals surface area contributed by atoms with Crippen LogP contribution in [0.3, 0.4) is 0 Å². The number of pyridine rings is 2. The predicted molar refractivity (Wildman–Crippen MR) is 238 cm³/mol. The Morgan fingerprint density at radius 1 is 0.734 bits per heavy atom. The van der Waals surface area contributed by atoms with Gasteiger partial charge in [-0.15, -0.1) is 0 Å². The fourth-order valence-corrected chi connectivity index (χ4v) is 9.25. The summed E-state index contributed by atoms with van der Waals surface area (Å²) in [5.41, 5.74) is 14.0. The van der Waals surface area contributed by atoms with Gasteiger partial charge >= 0.3 is 5.97 Å². The van der Waals surface area contributed by atoms with Gasteiger partial charge < -0.3 is 19.9 Å². The molecule has 4 atom stereocenters. The lowest BCUT2D eigenvalue weighted by Crippen LogP contribution is -2.33. The van der Waals surface area contributed by atoms with Gasteiger partial charge in [-0.05, 0) is 97.7 Å². The number of benzene rings is 4. The molecule has 332 valence electrons. The van der Waals surface area contributed by atoms with E-state index in [1.165, 1.54) is 7.11 Å². The van der Waals surface area contributed by atoms with Crippen molar-refractivity contribution in [2.24, 2.45) is 33.8 Å². The minimum atomic E-state index is -1.04. The fraction of sp³-hybridized carbons (Fsp3) is 0.320. The molecule has 2 fully saturated rings. The molecule has 3 amide bonds. The van der Waals surface area contributed by atoms with E-state index in [-0.39, 0.29) is 0 Å². The van der Waals surface area contributed by atoms with Crippen LogP contribution < -0.4 is 26.2 Å². The van der Waals surface area contributed by atoms with Crippen molar-refractivity contribution in [2.75, 3.05) is 7.11 Å². The summed E-state index contributed by atoms with van der Waals surface area (Å²) in [6, 6.07) is 35.0. The molecule has 6 N–H and O–H groups in total. The molecule has 2 saturated carbocycles. The van der Waals surface area contributed by atoms with Gasteiger partial charge in [0.25, 0.3) is 0 Å². The van der Waals surface area contributed by atoms with Crippen molar-refractivity contribution >= 4 is 45.5 Å². The lowest BCUT2D eigenvalue weighted by Gasteiger charge is -2.18. The van der Waals surface area contributed by atoms with E-state index >= 15 is 0 Å². The van der Waals surface area contributed by atoms with E-state index in [9.17, 15) is 19.2 Å². The molecule has 2 heterocycles. The Hall–Kier alpha value is -6.90. The van der Waals surface area contributed by atoms with Crippen molar-refractivity contribution in [2.45, 2.75) is 66.6 Å². The number of fused-ring (bicyclic) bond motifs is 2. The van der Waals surface area contributed by atoms with Crippen LogP contribution >= 0.6 is 0 Å². The molecule has 64 heavy (non-hydrogen) atoms. The third-order valence-corrected chi connectivity index (χ3v) is 13.0. The van der Waals surface area contributed by atoms with Gasteiger partial charge in [0.2, 0.25) is 17.7 Å². The maximum absolute atomic E-state index is 12.7. The molecule has 4 aromatic carbocycles. The zero-order chi connectivity index (χ0) is 45.8. The number of nitrogens with one attached hydrogen (secondary N) is 2. The minimum Gasteiger partial charge on any atom is -0.489 e. The van der Waals surface area contributed by atoms with Gasteiger partial charge in [-0.25, -0.2) is 11.0 Å². The van der Waals surface area contributed by atoms with Crippen molar-refractivity contribution < 1.29 is 43.8 Å². The SMILES string of the molecule is CCc1cc(COc2ccc(C[C@]3(C(N)=O)C[C@@H]3C(=O)NO)cc2)c2ccccc2n1.COC(=O)[C@]1(Cc2ccc(OCc3cc(C)nc4ccccc34)cc2)[C@@H](C(=O)NO)C1(C)C. The molecule has 0 radical (unpaired) electrons. The smallest absolute Gasteiger partial charge is 0.313 e. The van der Waals surface area contributed by atoms with Crippen molar-refractivity contribution in [1.82, 2.24) is 20.9 Å². The Labute approximate surface area is 371 Å². The van der Waals surface area contributed by atoms with Crippen LogP contribution in [0.15, 0.2) is 109 Å². The van der Waals surface area contributed by atoms with Gasteiger partial charge in [-0.1, -0.05) is 81.4 Å². The molecule has 14 heteroatoms. The summed E-state index contributed by atoms with van der Waals surface area (Å²) in [7, 11) is 1.31. The number of aromatic nitrogens is 2. The number of amides is 3. The number of nitrogens with zero attached hydrogens (tertiary/aromatic N) is 2. The highest BCUT2D eigenvalue weighted by atomic mass is 16.5. The molecular formula is C50H53N5O9. The Kier molecular flexibility index (Phi) is 13.0. The van der Waals surface area contributed by atoms with Crippen LogP contribution in [0.2, 0.25) is 0 Å². The van der Waals surface area contributed by atoms with E-state index < -0.39 is 51.8 Å². The Bertz CT molecular complexity index is 2710. The van der Waals surface area contributed by atoms with E-state index in [4.69, 9.17) is 30.4 Å². The molecule has 2 aliphatic rings. The number of hydrogen-bond donors (Lipinski definition) is 5. The van der Waals surface area contributed by atoms with Crippen molar-refractivity contribution in [3.05, 3.63) is 143 Å². The highest BCUT2D eigenvalue weighted by molar-refractivity contribution is 5.96. The van der Waals surface area contributed by atoms with Gasteiger partial charge in [0.15, 0.2) is 0 Å². The summed E-state index contributed by atoms with van der Waals surface area (Å²) in [6.07, 6.45) is 1.85. The first-order valence-electron chi connectivity index (χ1n) is 21.1. The van der Waals surface area contributed by atoms with Crippen molar-refractivity contribution in [1.29, 1.82) is 0 Å². The first-order chi connectivity index (χ1) is 30.7. The van der Waals surface area contributed by atoms with E-state index in [0.29, 0.717) is 44.0 Å².